The van der Waals surface area contributed by atoms with Crippen molar-refractivity contribution in [2.75, 3.05) is 13.6 Å². The molecule has 0 saturated heterocycles. The fourth-order valence-electron chi connectivity index (χ4n) is 1.97. The minimum atomic E-state index is -0.0113. The zero-order chi connectivity index (χ0) is 12.5. The van der Waals surface area contributed by atoms with Crippen LogP contribution in [-0.2, 0) is 4.79 Å². The number of nitrogens with two attached hydrogens (primary N) is 1. The molecule has 1 saturated carbocycles. The summed E-state index contributed by atoms with van der Waals surface area (Å²) in [5, 5.41) is 5.84. The molecule has 0 heterocycles. The number of nitrogens with one attached hydrogen (secondary N) is 3. The van der Waals surface area contributed by atoms with Gasteiger partial charge in [-0.05, 0) is 12.8 Å². The van der Waals surface area contributed by atoms with Gasteiger partial charge < -0.3 is 10.6 Å². The van der Waals surface area contributed by atoms with E-state index in [0.29, 0.717) is 25.0 Å². The summed E-state index contributed by atoms with van der Waals surface area (Å²) in [7, 11) is 1.62. The molecule has 0 aromatic heterocycles. The van der Waals surface area contributed by atoms with E-state index >= 15 is 0 Å². The summed E-state index contributed by atoms with van der Waals surface area (Å²) in [6, 6.07) is 0.457. The van der Waals surface area contributed by atoms with Crippen LogP contribution in [0.5, 0.6) is 0 Å². The normalized spacial score (nSPS) is 17.6. The number of carbonyl (C=O) groups is 1. The highest BCUT2D eigenvalue weighted by atomic mass is 16.1. The Hall–Kier alpha value is -1.30. The van der Waals surface area contributed by atoms with Gasteiger partial charge >= 0.3 is 0 Å². The lowest BCUT2D eigenvalue weighted by atomic mass is 9.96. The van der Waals surface area contributed by atoms with E-state index in [0.717, 1.165) is 12.8 Å². The van der Waals surface area contributed by atoms with Crippen LogP contribution in [0.25, 0.3) is 0 Å². The quantitative estimate of drug-likeness (QED) is 0.239. The van der Waals surface area contributed by atoms with E-state index < -0.39 is 0 Å². The molecule has 98 valence electrons. The van der Waals surface area contributed by atoms with Gasteiger partial charge in [-0.1, -0.05) is 19.3 Å². The van der Waals surface area contributed by atoms with Crippen molar-refractivity contribution in [2.45, 2.75) is 44.6 Å². The smallest absolute Gasteiger partial charge is 0.221 e. The van der Waals surface area contributed by atoms with Gasteiger partial charge in [0, 0.05) is 19.5 Å². The van der Waals surface area contributed by atoms with Crippen LogP contribution in [0.3, 0.4) is 0 Å². The number of guanidine groups is 1. The highest BCUT2D eigenvalue weighted by Crippen LogP contribution is 2.17. The van der Waals surface area contributed by atoms with Crippen molar-refractivity contribution in [1.82, 2.24) is 16.1 Å². The molecule has 6 nitrogen and oxygen atoms in total. The summed E-state index contributed by atoms with van der Waals surface area (Å²) in [4.78, 5) is 15.3. The second-order valence-corrected chi connectivity index (χ2v) is 4.28. The molecule has 17 heavy (non-hydrogen) atoms. The predicted octanol–water partition coefficient (Wildman–Crippen LogP) is -0.136. The zero-order valence-corrected chi connectivity index (χ0v) is 10.5. The summed E-state index contributed by atoms with van der Waals surface area (Å²) in [5.41, 5.74) is 2.55. The average Bonchev–Trinajstić information content (AvgIpc) is 2.38. The van der Waals surface area contributed by atoms with Gasteiger partial charge in [0.15, 0.2) is 0 Å². The molecule has 0 radical (unpaired) electrons. The SMILES string of the molecule is CNC(=O)CCN=C(NN)NC1CCCCC1. The van der Waals surface area contributed by atoms with Gasteiger partial charge in [-0.15, -0.1) is 0 Å². The summed E-state index contributed by atoms with van der Waals surface area (Å²) < 4.78 is 0. The first-order chi connectivity index (χ1) is 8.26. The number of rotatable bonds is 4. The molecule has 1 aliphatic carbocycles. The van der Waals surface area contributed by atoms with Gasteiger partial charge in [-0.2, -0.15) is 0 Å². The van der Waals surface area contributed by atoms with Crippen molar-refractivity contribution in [3.63, 3.8) is 0 Å². The van der Waals surface area contributed by atoms with Crippen molar-refractivity contribution < 1.29 is 4.79 Å². The van der Waals surface area contributed by atoms with E-state index in [1.807, 2.05) is 0 Å². The first-order valence-corrected chi connectivity index (χ1v) is 6.24. The molecule has 0 aromatic carbocycles. The molecular weight excluding hydrogens is 218 g/mol. The van der Waals surface area contributed by atoms with E-state index in [1.165, 1.54) is 19.3 Å². The third-order valence-corrected chi connectivity index (χ3v) is 2.97. The topological polar surface area (TPSA) is 91.5 Å². The molecule has 1 aliphatic rings. The van der Waals surface area contributed by atoms with Crippen molar-refractivity contribution in [3.05, 3.63) is 0 Å². The maximum absolute atomic E-state index is 11.0. The van der Waals surface area contributed by atoms with E-state index in [-0.39, 0.29) is 5.91 Å². The van der Waals surface area contributed by atoms with Crippen LogP contribution >= 0.6 is 0 Å². The van der Waals surface area contributed by atoms with Crippen LogP contribution in [-0.4, -0.2) is 31.5 Å². The predicted molar refractivity (Wildman–Crippen MR) is 68.3 cm³/mol. The van der Waals surface area contributed by atoms with Crippen LogP contribution in [0, 0.1) is 0 Å². The Kier molecular flexibility index (Phi) is 6.39. The highest BCUT2D eigenvalue weighted by molar-refractivity contribution is 5.80. The Morgan fingerprint density at radius 1 is 1.35 bits per heavy atom. The molecule has 0 bridgehead atoms. The number of carbonyl (C=O) groups excluding carboxylic acids is 1. The molecular formula is C11H23N5O. The van der Waals surface area contributed by atoms with Crippen LogP contribution < -0.4 is 21.9 Å². The molecule has 0 unspecified atom stereocenters. The van der Waals surface area contributed by atoms with Gasteiger partial charge in [0.05, 0.1) is 6.54 Å². The maximum Gasteiger partial charge on any atom is 0.221 e. The maximum atomic E-state index is 11.0. The summed E-state index contributed by atoms with van der Waals surface area (Å²) in [6.07, 6.45) is 6.54. The third-order valence-electron chi connectivity index (χ3n) is 2.97. The van der Waals surface area contributed by atoms with E-state index in [1.54, 1.807) is 7.05 Å². The summed E-state index contributed by atoms with van der Waals surface area (Å²) in [6.45, 7) is 0.443. The summed E-state index contributed by atoms with van der Waals surface area (Å²) in [5.74, 6) is 5.97. The molecule has 5 N–H and O–H groups in total. The number of aliphatic imine (C=N–C) groups is 1. The Morgan fingerprint density at radius 3 is 2.65 bits per heavy atom. The lowest BCUT2D eigenvalue weighted by Gasteiger charge is -2.24. The Morgan fingerprint density at radius 2 is 2.06 bits per heavy atom. The number of hydrogen-bond donors (Lipinski definition) is 4. The Bertz CT molecular complexity index is 261. The lowest BCUT2D eigenvalue weighted by Crippen LogP contribution is -2.47. The molecule has 0 aromatic rings. The van der Waals surface area contributed by atoms with Crippen LogP contribution in [0.15, 0.2) is 4.99 Å². The molecule has 1 amide bonds. The molecule has 0 spiro atoms. The van der Waals surface area contributed by atoms with E-state index in [9.17, 15) is 4.79 Å². The monoisotopic (exact) mass is 241 g/mol. The zero-order valence-electron chi connectivity index (χ0n) is 10.5. The number of hydrazine groups is 1. The second kappa shape index (κ2) is 7.89. The number of nitrogens with zero attached hydrogens (tertiary/aromatic N) is 1. The van der Waals surface area contributed by atoms with Crippen molar-refractivity contribution >= 4 is 11.9 Å². The Labute approximate surface area is 102 Å². The van der Waals surface area contributed by atoms with Gasteiger partial charge in [0.1, 0.15) is 0 Å². The molecule has 6 heteroatoms. The van der Waals surface area contributed by atoms with Gasteiger partial charge in [-0.3, -0.25) is 15.2 Å². The van der Waals surface area contributed by atoms with Crippen LogP contribution in [0.4, 0.5) is 0 Å². The van der Waals surface area contributed by atoms with Crippen LogP contribution in [0.1, 0.15) is 38.5 Å². The van der Waals surface area contributed by atoms with Gasteiger partial charge in [0.2, 0.25) is 11.9 Å². The van der Waals surface area contributed by atoms with Gasteiger partial charge in [0.25, 0.3) is 0 Å². The largest absolute Gasteiger partial charge is 0.359 e. The summed E-state index contributed by atoms with van der Waals surface area (Å²) >= 11 is 0. The number of amides is 1. The fourth-order valence-corrected chi connectivity index (χ4v) is 1.97. The van der Waals surface area contributed by atoms with Crippen molar-refractivity contribution in [3.8, 4) is 0 Å². The van der Waals surface area contributed by atoms with Crippen molar-refractivity contribution in [1.29, 1.82) is 0 Å². The first-order valence-electron chi connectivity index (χ1n) is 6.24. The lowest BCUT2D eigenvalue weighted by molar-refractivity contribution is -0.120. The minimum Gasteiger partial charge on any atom is -0.359 e. The van der Waals surface area contributed by atoms with E-state index in [2.05, 4.69) is 21.1 Å². The molecule has 1 rings (SSSR count). The standard InChI is InChI=1S/C11H23N5O/c1-13-10(17)7-8-14-11(16-12)15-9-5-3-2-4-6-9/h9H,2-8,12H2,1H3,(H,13,17)(H2,14,15,16). The number of hydrogen-bond acceptors (Lipinski definition) is 3. The molecule has 1 fully saturated rings. The highest BCUT2D eigenvalue weighted by Gasteiger charge is 2.13. The first kappa shape index (κ1) is 13.8. The minimum absolute atomic E-state index is 0.0113. The van der Waals surface area contributed by atoms with E-state index in [4.69, 9.17) is 5.84 Å². The second-order valence-electron chi connectivity index (χ2n) is 4.28. The molecule has 0 aliphatic heterocycles. The van der Waals surface area contributed by atoms with Crippen LogP contribution in [0.2, 0.25) is 0 Å². The average molecular weight is 241 g/mol. The van der Waals surface area contributed by atoms with Crippen molar-refractivity contribution in [2.24, 2.45) is 10.8 Å². The fraction of sp³-hybridized carbons (Fsp3) is 0.818. The Balaban J connectivity index is 2.30. The third kappa shape index (κ3) is 5.53. The molecule has 0 atom stereocenters. The van der Waals surface area contributed by atoms with Gasteiger partial charge in [-0.25, -0.2) is 5.84 Å².